The van der Waals surface area contributed by atoms with Gasteiger partial charge in [0.25, 0.3) is 0 Å². The van der Waals surface area contributed by atoms with E-state index in [2.05, 4.69) is 31.6 Å². The lowest BCUT2D eigenvalue weighted by atomic mass is 10.00. The molecule has 6 nitrogen and oxygen atoms in total. The summed E-state index contributed by atoms with van der Waals surface area (Å²) >= 11 is 0. The maximum atomic E-state index is 5.46. The first kappa shape index (κ1) is 15.9. The van der Waals surface area contributed by atoms with Crippen LogP contribution in [-0.4, -0.2) is 70.5 Å². The summed E-state index contributed by atoms with van der Waals surface area (Å²) in [5, 5.41) is 8.44. The third-order valence-electron chi connectivity index (χ3n) is 5.30. The fraction of sp³-hybridized carbons (Fsp3) is 0.875. The summed E-state index contributed by atoms with van der Waals surface area (Å²) in [4.78, 5) is 5.08. The average Bonchev–Trinajstić information content (AvgIpc) is 3.10. The highest BCUT2D eigenvalue weighted by atomic mass is 16.5. The zero-order valence-electron chi connectivity index (χ0n) is 14.2. The molecule has 22 heavy (non-hydrogen) atoms. The van der Waals surface area contributed by atoms with Crippen molar-refractivity contribution in [2.45, 2.75) is 38.8 Å². The van der Waals surface area contributed by atoms with E-state index in [0.717, 1.165) is 37.3 Å². The lowest BCUT2D eigenvalue weighted by Crippen LogP contribution is -2.36. The van der Waals surface area contributed by atoms with Crippen LogP contribution in [0.1, 0.15) is 30.9 Å². The molecule has 2 aliphatic heterocycles. The van der Waals surface area contributed by atoms with Crippen molar-refractivity contribution in [3.05, 3.63) is 11.6 Å². The van der Waals surface area contributed by atoms with Crippen molar-refractivity contribution in [3.63, 3.8) is 0 Å². The van der Waals surface area contributed by atoms with Gasteiger partial charge >= 0.3 is 0 Å². The predicted molar refractivity (Wildman–Crippen MR) is 85.6 cm³/mol. The Balaban J connectivity index is 1.48. The van der Waals surface area contributed by atoms with Gasteiger partial charge in [0.15, 0.2) is 0 Å². The van der Waals surface area contributed by atoms with Gasteiger partial charge in [0.2, 0.25) is 0 Å². The second-order valence-electron chi connectivity index (χ2n) is 6.90. The highest BCUT2D eigenvalue weighted by Gasteiger charge is 2.28. The van der Waals surface area contributed by atoms with E-state index in [1.807, 2.05) is 14.0 Å². The summed E-state index contributed by atoms with van der Waals surface area (Å²) in [5.41, 5.74) is 0. The quantitative estimate of drug-likeness (QED) is 0.814. The van der Waals surface area contributed by atoms with Crippen LogP contribution in [0.3, 0.4) is 0 Å². The number of likely N-dealkylation sites (tertiary alicyclic amines) is 1. The fourth-order valence-corrected chi connectivity index (χ4v) is 3.57. The molecule has 3 rings (SSSR count). The van der Waals surface area contributed by atoms with Crippen LogP contribution in [0.2, 0.25) is 0 Å². The third-order valence-corrected chi connectivity index (χ3v) is 5.30. The first-order valence-electron chi connectivity index (χ1n) is 8.48. The lowest BCUT2D eigenvalue weighted by Gasteiger charge is -2.28. The zero-order chi connectivity index (χ0) is 15.5. The van der Waals surface area contributed by atoms with Gasteiger partial charge < -0.3 is 14.2 Å². The molecule has 1 aromatic rings. The van der Waals surface area contributed by atoms with E-state index in [9.17, 15) is 0 Å². The van der Waals surface area contributed by atoms with Gasteiger partial charge in [0, 0.05) is 39.4 Å². The van der Waals surface area contributed by atoms with Crippen LogP contribution in [0.4, 0.5) is 0 Å². The number of hydrogen-bond acceptors (Lipinski definition) is 5. The minimum atomic E-state index is 0.636. The van der Waals surface area contributed by atoms with E-state index < -0.39 is 0 Å². The first-order valence-corrected chi connectivity index (χ1v) is 8.48. The number of ether oxygens (including phenoxy) is 1. The molecule has 1 unspecified atom stereocenters. The number of hydrogen-bond donors (Lipinski definition) is 0. The van der Waals surface area contributed by atoms with Gasteiger partial charge in [0.1, 0.15) is 11.6 Å². The number of aromatic nitrogens is 3. The van der Waals surface area contributed by atoms with Gasteiger partial charge in [0.05, 0.1) is 6.54 Å². The Morgan fingerprint density at radius 1 is 1.23 bits per heavy atom. The molecule has 0 N–H and O–H groups in total. The molecule has 0 aliphatic carbocycles. The summed E-state index contributed by atoms with van der Waals surface area (Å²) in [5.74, 6) is 2.87. The fourth-order valence-electron chi connectivity index (χ4n) is 3.57. The highest BCUT2D eigenvalue weighted by Crippen LogP contribution is 2.21. The van der Waals surface area contributed by atoms with Crippen LogP contribution in [0.5, 0.6) is 0 Å². The van der Waals surface area contributed by atoms with Crippen LogP contribution in [0.25, 0.3) is 0 Å². The summed E-state index contributed by atoms with van der Waals surface area (Å²) in [6.07, 6.45) is 3.72. The minimum absolute atomic E-state index is 0.636. The van der Waals surface area contributed by atoms with Gasteiger partial charge in [-0.2, -0.15) is 0 Å². The van der Waals surface area contributed by atoms with E-state index in [1.54, 1.807) is 0 Å². The van der Waals surface area contributed by atoms with Crippen LogP contribution in [0.15, 0.2) is 0 Å². The standard InChI is InChI=1S/C16H29N5O/c1-13-17-18-16(20(13)3)12-19(2)15-4-7-21(11-15)10-14-5-8-22-9-6-14/h14-15H,4-12H2,1-3H3. The molecule has 2 fully saturated rings. The van der Waals surface area contributed by atoms with E-state index in [0.29, 0.717) is 6.04 Å². The molecule has 1 atom stereocenters. The molecule has 0 bridgehead atoms. The second-order valence-corrected chi connectivity index (χ2v) is 6.90. The summed E-state index contributed by atoms with van der Waals surface area (Å²) < 4.78 is 7.55. The van der Waals surface area contributed by atoms with Gasteiger partial charge in [-0.3, -0.25) is 4.90 Å². The van der Waals surface area contributed by atoms with Gasteiger partial charge in [-0.15, -0.1) is 10.2 Å². The number of rotatable bonds is 5. The molecule has 0 amide bonds. The topological polar surface area (TPSA) is 46.4 Å². The van der Waals surface area contributed by atoms with Crippen molar-refractivity contribution < 1.29 is 4.74 Å². The zero-order valence-corrected chi connectivity index (χ0v) is 14.2. The molecule has 0 spiro atoms. The SMILES string of the molecule is Cc1nnc(CN(C)C2CCN(CC3CCOCC3)C2)n1C. The molecule has 6 heteroatoms. The maximum absolute atomic E-state index is 5.46. The monoisotopic (exact) mass is 307 g/mol. The van der Waals surface area contributed by atoms with Crippen LogP contribution < -0.4 is 0 Å². The molecule has 0 aromatic carbocycles. The van der Waals surface area contributed by atoms with Crippen LogP contribution >= 0.6 is 0 Å². The van der Waals surface area contributed by atoms with Crippen molar-refractivity contribution in [2.24, 2.45) is 13.0 Å². The van der Waals surface area contributed by atoms with Gasteiger partial charge in [-0.05, 0) is 45.7 Å². The molecule has 3 heterocycles. The van der Waals surface area contributed by atoms with Crippen LogP contribution in [0, 0.1) is 12.8 Å². The Labute approximate surface area is 133 Å². The second kappa shape index (κ2) is 7.06. The highest BCUT2D eigenvalue weighted by molar-refractivity contribution is 4.94. The Kier molecular flexibility index (Phi) is 5.10. The molecular formula is C16H29N5O. The smallest absolute Gasteiger partial charge is 0.146 e. The third kappa shape index (κ3) is 3.67. The van der Waals surface area contributed by atoms with Crippen molar-refractivity contribution in [1.82, 2.24) is 24.6 Å². The van der Waals surface area contributed by atoms with Crippen molar-refractivity contribution in [2.75, 3.05) is 39.9 Å². The summed E-state index contributed by atoms with van der Waals surface area (Å²) in [7, 11) is 4.26. The van der Waals surface area contributed by atoms with E-state index in [1.165, 1.54) is 38.9 Å². The molecular weight excluding hydrogens is 278 g/mol. The largest absolute Gasteiger partial charge is 0.381 e. The number of likely N-dealkylation sites (N-methyl/N-ethyl adjacent to an activating group) is 1. The van der Waals surface area contributed by atoms with Crippen molar-refractivity contribution in [1.29, 1.82) is 0 Å². The predicted octanol–water partition coefficient (Wildman–Crippen LogP) is 1.06. The molecule has 2 aliphatic rings. The van der Waals surface area contributed by atoms with Gasteiger partial charge in [-0.1, -0.05) is 0 Å². The lowest BCUT2D eigenvalue weighted by molar-refractivity contribution is 0.0545. The minimum Gasteiger partial charge on any atom is -0.381 e. The summed E-state index contributed by atoms with van der Waals surface area (Å²) in [6, 6.07) is 0.636. The molecule has 0 saturated carbocycles. The first-order chi connectivity index (χ1) is 10.6. The summed E-state index contributed by atoms with van der Waals surface area (Å²) in [6.45, 7) is 8.45. The van der Waals surface area contributed by atoms with Crippen molar-refractivity contribution >= 4 is 0 Å². The number of nitrogens with zero attached hydrogens (tertiary/aromatic N) is 5. The Morgan fingerprint density at radius 3 is 2.68 bits per heavy atom. The van der Waals surface area contributed by atoms with E-state index in [4.69, 9.17) is 4.74 Å². The normalized spacial score (nSPS) is 24.5. The van der Waals surface area contributed by atoms with E-state index in [-0.39, 0.29) is 0 Å². The Hall–Kier alpha value is -0.980. The van der Waals surface area contributed by atoms with Crippen molar-refractivity contribution in [3.8, 4) is 0 Å². The Bertz CT molecular complexity index is 483. The average molecular weight is 307 g/mol. The number of aryl methyl sites for hydroxylation is 1. The Morgan fingerprint density at radius 2 is 2.00 bits per heavy atom. The van der Waals surface area contributed by atoms with Crippen LogP contribution in [-0.2, 0) is 18.3 Å². The molecule has 2 saturated heterocycles. The maximum Gasteiger partial charge on any atom is 0.146 e. The molecule has 0 radical (unpaired) electrons. The van der Waals surface area contributed by atoms with E-state index >= 15 is 0 Å². The molecule has 124 valence electrons. The molecule has 1 aromatic heterocycles. The van der Waals surface area contributed by atoms with Gasteiger partial charge in [-0.25, -0.2) is 0 Å².